The van der Waals surface area contributed by atoms with Gasteiger partial charge in [0.2, 0.25) is 5.82 Å². The SMILES string of the molecule is O=c1[nH]c(-c2ccccc2)ncc1-c1nc(-c2ccc(Br)c3cccnc23)no1. The molecule has 0 atom stereocenters. The van der Waals surface area contributed by atoms with E-state index in [1.807, 2.05) is 54.6 Å². The highest BCUT2D eigenvalue weighted by Crippen LogP contribution is 2.31. The number of hydrogen-bond donors (Lipinski definition) is 1. The Hall–Kier alpha value is -3.65. The summed E-state index contributed by atoms with van der Waals surface area (Å²) < 4.78 is 6.27. The maximum absolute atomic E-state index is 12.6. The van der Waals surface area contributed by atoms with Crippen molar-refractivity contribution in [2.75, 3.05) is 0 Å². The van der Waals surface area contributed by atoms with E-state index in [2.05, 4.69) is 41.0 Å². The van der Waals surface area contributed by atoms with Crippen molar-refractivity contribution in [2.24, 2.45) is 0 Å². The van der Waals surface area contributed by atoms with Crippen LogP contribution in [0, 0.1) is 0 Å². The first kappa shape index (κ1) is 17.4. The average molecular weight is 446 g/mol. The molecule has 0 aliphatic rings. The Balaban J connectivity index is 1.56. The summed E-state index contributed by atoms with van der Waals surface area (Å²) in [5.74, 6) is 0.922. The van der Waals surface area contributed by atoms with E-state index in [-0.39, 0.29) is 17.0 Å². The van der Waals surface area contributed by atoms with Crippen LogP contribution in [0.15, 0.2) is 80.8 Å². The van der Waals surface area contributed by atoms with Gasteiger partial charge in [-0.1, -0.05) is 57.5 Å². The van der Waals surface area contributed by atoms with Crippen molar-refractivity contribution in [3.05, 3.63) is 81.8 Å². The van der Waals surface area contributed by atoms with Gasteiger partial charge in [-0.3, -0.25) is 9.78 Å². The number of H-pyrrole nitrogens is 1. The van der Waals surface area contributed by atoms with Gasteiger partial charge in [0.1, 0.15) is 11.4 Å². The fourth-order valence-electron chi connectivity index (χ4n) is 3.05. The van der Waals surface area contributed by atoms with Crippen molar-refractivity contribution in [3.63, 3.8) is 0 Å². The number of aromatic nitrogens is 5. The van der Waals surface area contributed by atoms with E-state index in [9.17, 15) is 4.79 Å². The second-order valence-corrected chi connectivity index (χ2v) is 7.11. The number of nitrogens with one attached hydrogen (secondary N) is 1. The van der Waals surface area contributed by atoms with E-state index in [0.29, 0.717) is 17.2 Å². The molecule has 0 saturated carbocycles. The molecule has 0 amide bonds. The quantitative estimate of drug-likeness (QED) is 0.440. The first-order chi connectivity index (χ1) is 14.2. The molecule has 0 aliphatic heterocycles. The van der Waals surface area contributed by atoms with Crippen molar-refractivity contribution < 1.29 is 4.52 Å². The van der Waals surface area contributed by atoms with E-state index in [4.69, 9.17) is 4.52 Å². The van der Waals surface area contributed by atoms with Crippen molar-refractivity contribution in [1.82, 2.24) is 25.1 Å². The second-order valence-electron chi connectivity index (χ2n) is 6.26. The Morgan fingerprint density at radius 1 is 0.931 bits per heavy atom. The Kier molecular flexibility index (Phi) is 4.25. The van der Waals surface area contributed by atoms with Gasteiger partial charge in [0, 0.05) is 33.4 Å². The van der Waals surface area contributed by atoms with Crippen molar-refractivity contribution in [3.8, 4) is 34.2 Å². The average Bonchev–Trinajstić information content (AvgIpc) is 3.24. The molecular weight excluding hydrogens is 434 g/mol. The molecular formula is C21H12BrN5O2. The summed E-state index contributed by atoms with van der Waals surface area (Å²) in [5.41, 5.74) is 2.12. The molecule has 5 rings (SSSR count). The van der Waals surface area contributed by atoms with Crippen LogP contribution in [-0.2, 0) is 0 Å². The minimum Gasteiger partial charge on any atom is -0.333 e. The fraction of sp³-hybridized carbons (Fsp3) is 0. The maximum atomic E-state index is 12.6. The lowest BCUT2D eigenvalue weighted by Gasteiger charge is -2.03. The number of benzene rings is 2. The number of hydrogen-bond acceptors (Lipinski definition) is 6. The maximum Gasteiger partial charge on any atom is 0.265 e. The van der Waals surface area contributed by atoms with Gasteiger partial charge in [-0.15, -0.1) is 0 Å². The standard InChI is InChI=1S/C21H12BrN5O2/c22-16-9-8-14(17-13(16)7-4-10-23-17)19-26-21(29-27-19)15-11-24-18(25-20(15)28)12-5-2-1-3-6-12/h1-11H,(H,24,25,28). The summed E-state index contributed by atoms with van der Waals surface area (Å²) in [6, 6.07) is 17.0. The molecule has 7 nitrogen and oxygen atoms in total. The van der Waals surface area contributed by atoms with Gasteiger partial charge >= 0.3 is 0 Å². The van der Waals surface area contributed by atoms with Crippen LogP contribution in [0.5, 0.6) is 0 Å². The van der Waals surface area contributed by atoms with E-state index in [1.54, 1.807) is 6.20 Å². The monoisotopic (exact) mass is 445 g/mol. The van der Waals surface area contributed by atoms with Crippen LogP contribution in [0.3, 0.4) is 0 Å². The third kappa shape index (κ3) is 3.13. The number of aromatic amines is 1. The predicted octanol–water partition coefficient (Wildman–Crippen LogP) is 4.46. The molecule has 3 aromatic heterocycles. The Bertz CT molecular complexity index is 1400. The first-order valence-electron chi connectivity index (χ1n) is 8.73. The number of rotatable bonds is 3. The Morgan fingerprint density at radius 2 is 1.79 bits per heavy atom. The Morgan fingerprint density at radius 3 is 2.62 bits per heavy atom. The topological polar surface area (TPSA) is 97.6 Å². The number of nitrogens with zero attached hydrogens (tertiary/aromatic N) is 4. The zero-order valence-electron chi connectivity index (χ0n) is 14.8. The van der Waals surface area contributed by atoms with E-state index >= 15 is 0 Å². The highest BCUT2D eigenvalue weighted by Gasteiger charge is 2.17. The lowest BCUT2D eigenvalue weighted by atomic mass is 10.1. The fourth-order valence-corrected chi connectivity index (χ4v) is 3.50. The Labute approximate surface area is 172 Å². The van der Waals surface area contributed by atoms with E-state index in [1.165, 1.54) is 6.20 Å². The molecule has 140 valence electrons. The molecule has 5 aromatic rings. The van der Waals surface area contributed by atoms with Crippen LogP contribution in [0.2, 0.25) is 0 Å². The summed E-state index contributed by atoms with van der Waals surface area (Å²) in [5, 5.41) is 4.98. The molecule has 0 spiro atoms. The zero-order chi connectivity index (χ0) is 19.8. The smallest absolute Gasteiger partial charge is 0.265 e. The minimum absolute atomic E-state index is 0.0976. The zero-order valence-corrected chi connectivity index (χ0v) is 16.4. The predicted molar refractivity (Wildman–Crippen MR) is 112 cm³/mol. The minimum atomic E-state index is -0.354. The van der Waals surface area contributed by atoms with Crippen LogP contribution < -0.4 is 5.56 Å². The summed E-state index contributed by atoms with van der Waals surface area (Å²) in [7, 11) is 0. The molecule has 3 heterocycles. The van der Waals surface area contributed by atoms with Crippen LogP contribution in [0.1, 0.15) is 0 Å². The number of pyridine rings is 1. The van der Waals surface area contributed by atoms with E-state index < -0.39 is 0 Å². The summed E-state index contributed by atoms with van der Waals surface area (Å²) in [6.45, 7) is 0. The molecule has 0 fully saturated rings. The van der Waals surface area contributed by atoms with Gasteiger partial charge < -0.3 is 9.51 Å². The lowest BCUT2D eigenvalue weighted by Crippen LogP contribution is -2.11. The third-order valence-electron chi connectivity index (χ3n) is 4.46. The molecule has 0 bridgehead atoms. The van der Waals surface area contributed by atoms with Crippen molar-refractivity contribution >= 4 is 26.8 Å². The first-order valence-corrected chi connectivity index (χ1v) is 9.52. The lowest BCUT2D eigenvalue weighted by molar-refractivity contribution is 0.431. The molecule has 8 heteroatoms. The van der Waals surface area contributed by atoms with Gasteiger partial charge in [0.05, 0.1) is 5.52 Å². The normalized spacial score (nSPS) is 11.1. The van der Waals surface area contributed by atoms with Gasteiger partial charge in [-0.25, -0.2) is 4.98 Å². The van der Waals surface area contributed by atoms with Crippen LogP contribution in [0.25, 0.3) is 45.1 Å². The van der Waals surface area contributed by atoms with Crippen molar-refractivity contribution in [2.45, 2.75) is 0 Å². The number of fused-ring (bicyclic) bond motifs is 1. The van der Waals surface area contributed by atoms with Gasteiger partial charge in [0.15, 0.2) is 0 Å². The van der Waals surface area contributed by atoms with Crippen LogP contribution in [0.4, 0.5) is 0 Å². The number of halogens is 1. The highest BCUT2D eigenvalue weighted by molar-refractivity contribution is 9.10. The third-order valence-corrected chi connectivity index (χ3v) is 5.15. The highest BCUT2D eigenvalue weighted by atomic mass is 79.9. The van der Waals surface area contributed by atoms with Crippen molar-refractivity contribution in [1.29, 1.82) is 0 Å². The molecule has 1 N–H and O–H groups in total. The van der Waals surface area contributed by atoms with Gasteiger partial charge in [0.25, 0.3) is 11.4 Å². The molecule has 0 saturated heterocycles. The molecule has 0 aliphatic carbocycles. The molecule has 29 heavy (non-hydrogen) atoms. The second kappa shape index (κ2) is 7.06. The summed E-state index contributed by atoms with van der Waals surface area (Å²) in [4.78, 5) is 28.5. The van der Waals surface area contributed by atoms with Gasteiger partial charge in [-0.2, -0.15) is 4.98 Å². The van der Waals surface area contributed by atoms with Gasteiger partial charge in [-0.05, 0) is 18.2 Å². The summed E-state index contributed by atoms with van der Waals surface area (Å²) in [6.07, 6.45) is 3.15. The van der Waals surface area contributed by atoms with Crippen LogP contribution in [-0.4, -0.2) is 25.1 Å². The largest absolute Gasteiger partial charge is 0.333 e. The van der Waals surface area contributed by atoms with Crippen LogP contribution >= 0.6 is 15.9 Å². The molecule has 2 aromatic carbocycles. The summed E-state index contributed by atoms with van der Waals surface area (Å²) >= 11 is 3.52. The van der Waals surface area contributed by atoms with E-state index in [0.717, 1.165) is 20.9 Å². The molecule has 0 unspecified atom stereocenters. The molecule has 0 radical (unpaired) electrons.